The zero-order valence-electron chi connectivity index (χ0n) is 30.5. The van der Waals surface area contributed by atoms with E-state index >= 15 is 0 Å². The molecule has 4 nitrogen and oxygen atoms in total. The molecule has 0 amide bonds. The second-order valence-electron chi connectivity index (χ2n) is 13.7. The first-order valence-electron chi connectivity index (χ1n) is 20.0. The highest BCUT2D eigenvalue weighted by Gasteiger charge is 2.26. The SMILES string of the molecule is CCCCC/C=C\C/C=C\CCCCCCCC(=O)OC1CCC(OC(=O)CCCCCCC/C=C\CCCCCCCC)CC1. The molecule has 266 valence electrons. The quantitative estimate of drug-likeness (QED) is 0.0429. The van der Waals surface area contributed by atoms with Crippen LogP contribution in [0.2, 0.25) is 0 Å². The summed E-state index contributed by atoms with van der Waals surface area (Å²) < 4.78 is 11.5. The Labute approximate surface area is 285 Å². The predicted octanol–water partition coefficient (Wildman–Crippen LogP) is 13.2. The zero-order chi connectivity index (χ0) is 33.2. The summed E-state index contributed by atoms with van der Waals surface area (Å²) in [6.45, 7) is 4.52. The van der Waals surface area contributed by atoms with Crippen molar-refractivity contribution in [3.8, 4) is 0 Å². The van der Waals surface area contributed by atoms with Gasteiger partial charge >= 0.3 is 11.9 Å². The van der Waals surface area contributed by atoms with Gasteiger partial charge in [-0.25, -0.2) is 0 Å². The average molecular weight is 643 g/mol. The maximum Gasteiger partial charge on any atom is 0.306 e. The molecule has 0 bridgehead atoms. The lowest BCUT2D eigenvalue weighted by molar-refractivity contribution is -0.158. The lowest BCUT2D eigenvalue weighted by atomic mass is 9.95. The van der Waals surface area contributed by atoms with Crippen LogP contribution >= 0.6 is 0 Å². The van der Waals surface area contributed by atoms with E-state index in [0.29, 0.717) is 12.8 Å². The summed E-state index contributed by atoms with van der Waals surface area (Å²) in [5.41, 5.74) is 0. The van der Waals surface area contributed by atoms with Crippen LogP contribution in [-0.2, 0) is 19.1 Å². The minimum absolute atomic E-state index is 0.00700. The highest BCUT2D eigenvalue weighted by atomic mass is 16.6. The third-order valence-corrected chi connectivity index (χ3v) is 9.19. The van der Waals surface area contributed by atoms with Crippen molar-refractivity contribution in [1.29, 1.82) is 0 Å². The molecule has 0 radical (unpaired) electrons. The molecule has 1 rings (SSSR count). The number of unbranched alkanes of at least 4 members (excludes halogenated alkanes) is 19. The first-order chi connectivity index (χ1) is 22.7. The van der Waals surface area contributed by atoms with Gasteiger partial charge in [0, 0.05) is 12.8 Å². The third-order valence-electron chi connectivity index (χ3n) is 9.19. The van der Waals surface area contributed by atoms with Gasteiger partial charge in [0.15, 0.2) is 0 Å². The van der Waals surface area contributed by atoms with Crippen LogP contribution in [-0.4, -0.2) is 24.1 Å². The Balaban J connectivity index is 1.90. The van der Waals surface area contributed by atoms with E-state index in [1.165, 1.54) is 116 Å². The van der Waals surface area contributed by atoms with Crippen molar-refractivity contribution < 1.29 is 19.1 Å². The van der Waals surface area contributed by atoms with E-state index in [2.05, 4.69) is 50.3 Å². The Morgan fingerprint density at radius 1 is 0.435 bits per heavy atom. The van der Waals surface area contributed by atoms with Gasteiger partial charge < -0.3 is 9.47 Å². The molecule has 46 heavy (non-hydrogen) atoms. The van der Waals surface area contributed by atoms with Gasteiger partial charge in [-0.3, -0.25) is 9.59 Å². The van der Waals surface area contributed by atoms with Crippen LogP contribution in [0.15, 0.2) is 36.5 Å². The van der Waals surface area contributed by atoms with Crippen LogP contribution in [0.5, 0.6) is 0 Å². The van der Waals surface area contributed by atoms with Crippen LogP contribution in [0.1, 0.15) is 206 Å². The summed E-state index contributed by atoms with van der Waals surface area (Å²) in [5.74, 6) is -0.116. The number of rotatable bonds is 31. The Morgan fingerprint density at radius 3 is 1.15 bits per heavy atom. The number of carbonyl (C=O) groups excluding carboxylic acids is 2. The van der Waals surface area contributed by atoms with Crippen molar-refractivity contribution in [1.82, 2.24) is 0 Å². The van der Waals surface area contributed by atoms with Gasteiger partial charge in [0.05, 0.1) is 0 Å². The van der Waals surface area contributed by atoms with Gasteiger partial charge in [-0.2, -0.15) is 0 Å². The molecule has 1 saturated carbocycles. The molecule has 0 atom stereocenters. The van der Waals surface area contributed by atoms with Crippen LogP contribution in [0.3, 0.4) is 0 Å². The standard InChI is InChI=1S/C42H74O4/c1-3-5-7-9-11-13-15-17-19-21-23-25-27-29-31-33-41(43)45-39-35-37-40(38-36-39)46-42(44)34-32-30-28-26-24-22-20-18-16-14-12-10-8-6-4-2/h11,13,17-20,39-40H,3-10,12,14-16,21-38H2,1-2H3/b13-11-,19-17-,20-18-. The number of carbonyl (C=O) groups is 2. The Morgan fingerprint density at radius 2 is 0.739 bits per heavy atom. The van der Waals surface area contributed by atoms with Crippen molar-refractivity contribution in [2.45, 2.75) is 219 Å². The minimum atomic E-state index is -0.0599. The molecule has 4 heteroatoms. The first kappa shape index (κ1) is 42.2. The van der Waals surface area contributed by atoms with Gasteiger partial charge in [0.25, 0.3) is 0 Å². The maximum atomic E-state index is 12.3. The molecule has 0 aromatic heterocycles. The summed E-state index contributed by atoms with van der Waals surface area (Å²) in [5, 5.41) is 0. The summed E-state index contributed by atoms with van der Waals surface area (Å²) in [6, 6.07) is 0. The van der Waals surface area contributed by atoms with E-state index in [4.69, 9.17) is 9.47 Å². The molecule has 0 N–H and O–H groups in total. The van der Waals surface area contributed by atoms with Crippen LogP contribution < -0.4 is 0 Å². The Hall–Kier alpha value is -1.84. The molecule has 0 aromatic rings. The number of hydrogen-bond acceptors (Lipinski definition) is 4. The van der Waals surface area contributed by atoms with Gasteiger partial charge in [-0.1, -0.05) is 134 Å². The van der Waals surface area contributed by atoms with E-state index in [0.717, 1.165) is 64.2 Å². The molecule has 0 saturated heterocycles. The smallest absolute Gasteiger partial charge is 0.306 e. The summed E-state index contributed by atoms with van der Waals surface area (Å²) in [7, 11) is 0. The zero-order valence-corrected chi connectivity index (χ0v) is 30.5. The molecule has 1 fully saturated rings. The molecular formula is C42H74O4. The van der Waals surface area contributed by atoms with Crippen molar-refractivity contribution in [3.05, 3.63) is 36.5 Å². The van der Waals surface area contributed by atoms with Gasteiger partial charge in [-0.15, -0.1) is 0 Å². The summed E-state index contributed by atoms with van der Waals surface area (Å²) in [6.07, 6.45) is 47.5. The van der Waals surface area contributed by atoms with Crippen molar-refractivity contribution in [2.75, 3.05) is 0 Å². The lowest BCUT2D eigenvalue weighted by Crippen LogP contribution is -2.29. The normalized spacial score (nSPS) is 17.0. The van der Waals surface area contributed by atoms with Crippen LogP contribution in [0, 0.1) is 0 Å². The highest BCUT2D eigenvalue weighted by molar-refractivity contribution is 5.70. The number of hydrogen-bond donors (Lipinski definition) is 0. The van der Waals surface area contributed by atoms with Crippen LogP contribution in [0.25, 0.3) is 0 Å². The molecular weight excluding hydrogens is 568 g/mol. The van der Waals surface area contributed by atoms with Crippen molar-refractivity contribution >= 4 is 11.9 Å². The maximum absolute atomic E-state index is 12.3. The lowest BCUT2D eigenvalue weighted by Gasteiger charge is -2.28. The molecule has 0 heterocycles. The van der Waals surface area contributed by atoms with Gasteiger partial charge in [0.1, 0.15) is 12.2 Å². The fraction of sp³-hybridized carbons (Fsp3) is 0.810. The third kappa shape index (κ3) is 28.4. The van der Waals surface area contributed by atoms with E-state index in [1.54, 1.807) is 0 Å². The molecule has 1 aliphatic rings. The Kier molecular flexibility index (Phi) is 30.3. The van der Waals surface area contributed by atoms with Crippen LogP contribution in [0.4, 0.5) is 0 Å². The van der Waals surface area contributed by atoms with E-state index in [-0.39, 0.29) is 24.1 Å². The topological polar surface area (TPSA) is 52.6 Å². The average Bonchev–Trinajstić information content (AvgIpc) is 3.05. The molecule has 1 aliphatic carbocycles. The van der Waals surface area contributed by atoms with Crippen molar-refractivity contribution in [2.24, 2.45) is 0 Å². The Bertz CT molecular complexity index is 775. The second-order valence-corrected chi connectivity index (χ2v) is 13.7. The summed E-state index contributed by atoms with van der Waals surface area (Å²) >= 11 is 0. The van der Waals surface area contributed by atoms with Gasteiger partial charge in [0.2, 0.25) is 0 Å². The molecule has 0 aromatic carbocycles. The van der Waals surface area contributed by atoms with Gasteiger partial charge in [-0.05, 0) is 96.3 Å². The van der Waals surface area contributed by atoms with E-state index < -0.39 is 0 Å². The minimum Gasteiger partial charge on any atom is -0.462 e. The van der Waals surface area contributed by atoms with E-state index in [9.17, 15) is 9.59 Å². The highest BCUT2D eigenvalue weighted by Crippen LogP contribution is 2.25. The summed E-state index contributed by atoms with van der Waals surface area (Å²) in [4.78, 5) is 24.6. The molecule has 0 spiro atoms. The monoisotopic (exact) mass is 643 g/mol. The van der Waals surface area contributed by atoms with Crippen molar-refractivity contribution in [3.63, 3.8) is 0 Å². The fourth-order valence-corrected chi connectivity index (χ4v) is 6.18. The largest absolute Gasteiger partial charge is 0.462 e. The second kappa shape index (κ2) is 33.1. The first-order valence-corrected chi connectivity index (χ1v) is 20.0. The molecule has 0 unspecified atom stereocenters. The number of allylic oxidation sites excluding steroid dienone is 6. The molecule has 0 aliphatic heterocycles. The number of esters is 2. The number of ether oxygens (including phenoxy) is 2. The van der Waals surface area contributed by atoms with E-state index in [1.807, 2.05) is 0 Å². The fourth-order valence-electron chi connectivity index (χ4n) is 6.18. The predicted molar refractivity (Wildman–Crippen MR) is 197 cm³/mol.